The van der Waals surface area contributed by atoms with E-state index in [1.54, 1.807) is 6.08 Å². The van der Waals surface area contributed by atoms with Crippen molar-refractivity contribution >= 4 is 17.6 Å². The largest absolute Gasteiger partial charge is 0.497 e. The predicted molar refractivity (Wildman–Crippen MR) is 107 cm³/mol. The Labute approximate surface area is 167 Å². The van der Waals surface area contributed by atoms with Crippen LogP contribution in [0.5, 0.6) is 11.5 Å². The molecule has 2 rings (SSSR count). The van der Waals surface area contributed by atoms with Crippen LogP contribution in [-0.4, -0.2) is 23.9 Å². The van der Waals surface area contributed by atoms with Crippen molar-refractivity contribution in [2.75, 3.05) is 7.11 Å². The first-order chi connectivity index (χ1) is 13.8. The Hall–Kier alpha value is -3.94. The third kappa shape index (κ3) is 4.86. The van der Waals surface area contributed by atoms with Crippen LogP contribution in [0, 0.1) is 10.1 Å². The van der Waals surface area contributed by atoms with Gasteiger partial charge in [-0.2, -0.15) is 0 Å². The highest BCUT2D eigenvalue weighted by molar-refractivity contribution is 5.97. The minimum atomic E-state index is -0.745. The molecule has 0 aliphatic rings. The Morgan fingerprint density at radius 1 is 1.14 bits per heavy atom. The molecule has 2 aromatic carbocycles. The number of non-ortho nitro benzene ring substituents is 1. The molecule has 0 unspecified atom stereocenters. The van der Waals surface area contributed by atoms with Crippen molar-refractivity contribution in [2.24, 2.45) is 5.73 Å². The molecule has 0 fully saturated rings. The molecule has 29 heavy (non-hydrogen) atoms. The summed E-state index contributed by atoms with van der Waals surface area (Å²) in [4.78, 5) is 35.1. The van der Waals surface area contributed by atoms with Gasteiger partial charge in [0.25, 0.3) is 5.69 Å². The minimum absolute atomic E-state index is 0.0888. The summed E-state index contributed by atoms with van der Waals surface area (Å²) in [6, 6.07) is 6.74. The summed E-state index contributed by atoms with van der Waals surface area (Å²) in [6.07, 6.45) is 3.53. The van der Waals surface area contributed by atoms with Gasteiger partial charge in [0.2, 0.25) is 5.91 Å². The molecular formula is C21H20N2O6. The van der Waals surface area contributed by atoms with Gasteiger partial charge in [0.15, 0.2) is 0 Å². The Morgan fingerprint density at radius 2 is 1.83 bits per heavy atom. The number of allylic oxidation sites excluding steroid dienone is 2. The Kier molecular flexibility index (Phi) is 6.86. The number of ether oxygens (including phenoxy) is 2. The molecule has 0 heterocycles. The smallest absolute Gasteiger partial charge is 0.343 e. The lowest BCUT2D eigenvalue weighted by Crippen LogP contribution is -2.17. The molecule has 0 saturated carbocycles. The van der Waals surface area contributed by atoms with E-state index in [0.29, 0.717) is 11.1 Å². The Balaban J connectivity index is 2.53. The molecule has 8 nitrogen and oxygen atoms in total. The number of amides is 1. The fraction of sp³-hybridized carbons (Fsp3) is 0.143. The van der Waals surface area contributed by atoms with Crippen LogP contribution in [0.25, 0.3) is 0 Å². The van der Waals surface area contributed by atoms with Crippen molar-refractivity contribution in [1.29, 1.82) is 0 Å². The summed E-state index contributed by atoms with van der Waals surface area (Å²) in [6.45, 7) is 7.25. The number of carbonyl (C=O) groups is 2. The van der Waals surface area contributed by atoms with E-state index >= 15 is 0 Å². The Bertz CT molecular complexity index is 997. The van der Waals surface area contributed by atoms with Gasteiger partial charge in [-0.15, -0.1) is 13.2 Å². The number of carbonyl (C=O) groups excluding carboxylic acids is 2. The maximum atomic E-state index is 12.8. The summed E-state index contributed by atoms with van der Waals surface area (Å²) in [5.41, 5.74) is 6.35. The van der Waals surface area contributed by atoms with E-state index in [4.69, 9.17) is 15.2 Å². The van der Waals surface area contributed by atoms with Crippen molar-refractivity contribution < 1.29 is 24.0 Å². The fourth-order valence-corrected chi connectivity index (χ4v) is 2.78. The number of nitro groups is 1. The first-order valence-electron chi connectivity index (χ1n) is 8.54. The van der Waals surface area contributed by atoms with Gasteiger partial charge >= 0.3 is 5.97 Å². The van der Waals surface area contributed by atoms with Gasteiger partial charge in [-0.25, -0.2) is 4.79 Å². The first kappa shape index (κ1) is 21.4. The van der Waals surface area contributed by atoms with E-state index in [1.807, 2.05) is 0 Å². The number of nitrogens with two attached hydrogens (primary N) is 1. The number of nitro benzene ring substituents is 1. The molecule has 2 N–H and O–H groups in total. The summed E-state index contributed by atoms with van der Waals surface area (Å²) < 4.78 is 10.7. The van der Waals surface area contributed by atoms with E-state index in [-0.39, 0.29) is 41.2 Å². The summed E-state index contributed by atoms with van der Waals surface area (Å²) in [5, 5.41) is 11.0. The van der Waals surface area contributed by atoms with Crippen molar-refractivity contribution in [3.8, 4) is 11.5 Å². The van der Waals surface area contributed by atoms with Gasteiger partial charge in [0, 0.05) is 29.3 Å². The van der Waals surface area contributed by atoms with E-state index in [9.17, 15) is 19.7 Å². The average molecular weight is 396 g/mol. The molecule has 0 aliphatic heterocycles. The van der Waals surface area contributed by atoms with Crippen LogP contribution < -0.4 is 15.2 Å². The fourth-order valence-electron chi connectivity index (χ4n) is 2.78. The Morgan fingerprint density at radius 3 is 2.38 bits per heavy atom. The van der Waals surface area contributed by atoms with Crippen molar-refractivity contribution in [1.82, 2.24) is 0 Å². The molecule has 0 aliphatic carbocycles. The highest BCUT2D eigenvalue weighted by Crippen LogP contribution is 2.31. The number of benzene rings is 2. The van der Waals surface area contributed by atoms with Crippen LogP contribution in [0.2, 0.25) is 0 Å². The van der Waals surface area contributed by atoms with Gasteiger partial charge < -0.3 is 15.2 Å². The molecule has 0 aromatic heterocycles. The van der Waals surface area contributed by atoms with E-state index in [2.05, 4.69) is 13.2 Å². The van der Waals surface area contributed by atoms with Crippen LogP contribution in [0.15, 0.2) is 55.6 Å². The molecule has 0 atom stereocenters. The van der Waals surface area contributed by atoms with Crippen LogP contribution in [-0.2, 0) is 12.8 Å². The molecule has 8 heteroatoms. The average Bonchev–Trinajstić information content (AvgIpc) is 2.69. The molecule has 0 bridgehead atoms. The number of nitrogens with zero attached hydrogens (tertiary/aromatic N) is 1. The monoisotopic (exact) mass is 396 g/mol. The van der Waals surface area contributed by atoms with Crippen LogP contribution in [0.1, 0.15) is 31.8 Å². The molecule has 150 valence electrons. The van der Waals surface area contributed by atoms with E-state index < -0.39 is 16.8 Å². The highest BCUT2D eigenvalue weighted by Gasteiger charge is 2.21. The molecular weight excluding hydrogens is 376 g/mol. The number of hydrogen-bond donors (Lipinski definition) is 1. The van der Waals surface area contributed by atoms with Crippen molar-refractivity contribution in [2.45, 2.75) is 12.8 Å². The summed E-state index contributed by atoms with van der Waals surface area (Å²) in [7, 11) is 1.40. The molecule has 0 radical (unpaired) electrons. The molecule has 1 amide bonds. The molecule has 0 spiro atoms. The number of esters is 1. The van der Waals surface area contributed by atoms with E-state index in [0.717, 1.165) is 0 Å². The third-order valence-electron chi connectivity index (χ3n) is 4.12. The lowest BCUT2D eigenvalue weighted by Gasteiger charge is -2.15. The molecule has 0 saturated heterocycles. The third-order valence-corrected chi connectivity index (χ3v) is 4.12. The quantitative estimate of drug-likeness (QED) is 0.228. The second kappa shape index (κ2) is 9.32. The lowest BCUT2D eigenvalue weighted by atomic mass is 10.0. The second-order valence-corrected chi connectivity index (χ2v) is 5.99. The summed E-state index contributed by atoms with van der Waals surface area (Å²) in [5.74, 6) is -1.08. The zero-order valence-corrected chi connectivity index (χ0v) is 15.8. The maximum Gasteiger partial charge on any atom is 0.343 e. The minimum Gasteiger partial charge on any atom is -0.497 e. The number of hydrogen-bond acceptors (Lipinski definition) is 6. The van der Waals surface area contributed by atoms with Gasteiger partial charge in [0.1, 0.15) is 11.5 Å². The second-order valence-electron chi connectivity index (χ2n) is 5.99. The van der Waals surface area contributed by atoms with Gasteiger partial charge in [-0.1, -0.05) is 12.2 Å². The van der Waals surface area contributed by atoms with Gasteiger partial charge in [-0.3, -0.25) is 14.9 Å². The lowest BCUT2D eigenvalue weighted by molar-refractivity contribution is -0.384. The standard InChI is InChI=1S/C21H20N2O6/c1-4-6-13-10-14(23(26)27)8-9-16(13)21(25)29-19-12-15(28-3)11-18(20(22)24)17(19)7-5-2/h4-5,8-12H,1-2,6-7H2,3H3,(H2,22,24). The first-order valence-corrected chi connectivity index (χ1v) is 8.54. The SMILES string of the molecule is C=CCc1cc([N+](=O)[O-])ccc1C(=O)Oc1cc(OC)cc(C(N)=O)c1CC=C. The number of rotatable bonds is 9. The maximum absolute atomic E-state index is 12.8. The zero-order chi connectivity index (χ0) is 21.6. The highest BCUT2D eigenvalue weighted by atomic mass is 16.6. The van der Waals surface area contributed by atoms with Crippen molar-refractivity contribution in [3.63, 3.8) is 0 Å². The topological polar surface area (TPSA) is 122 Å². The van der Waals surface area contributed by atoms with Crippen LogP contribution in [0.4, 0.5) is 5.69 Å². The van der Waals surface area contributed by atoms with Gasteiger partial charge in [-0.05, 0) is 30.5 Å². The van der Waals surface area contributed by atoms with Crippen LogP contribution >= 0.6 is 0 Å². The number of methoxy groups -OCH3 is 1. The normalized spacial score (nSPS) is 10.1. The van der Waals surface area contributed by atoms with Crippen molar-refractivity contribution in [3.05, 3.63) is 88.0 Å². The summed E-state index contributed by atoms with van der Waals surface area (Å²) >= 11 is 0. The predicted octanol–water partition coefficient (Wildman–Crippen LogP) is 3.38. The van der Waals surface area contributed by atoms with Crippen LogP contribution in [0.3, 0.4) is 0 Å². The van der Waals surface area contributed by atoms with Gasteiger partial charge in [0.05, 0.1) is 17.6 Å². The van der Waals surface area contributed by atoms with E-state index in [1.165, 1.54) is 43.5 Å². The zero-order valence-electron chi connectivity index (χ0n) is 15.8. The molecule has 2 aromatic rings. The number of primary amides is 1.